The molecule has 1 aliphatic carbocycles. The van der Waals surface area contributed by atoms with Gasteiger partial charge in [0.2, 0.25) is 0 Å². The van der Waals surface area contributed by atoms with Crippen LogP contribution < -0.4 is 10.1 Å². The van der Waals surface area contributed by atoms with E-state index in [1.54, 1.807) is 7.11 Å². The summed E-state index contributed by atoms with van der Waals surface area (Å²) in [6.07, 6.45) is 4.16. The maximum atomic E-state index is 5.26. The molecular weight excluding hydrogens is 290 g/mol. The van der Waals surface area contributed by atoms with E-state index in [9.17, 15) is 0 Å². The second-order valence-electron chi connectivity index (χ2n) is 5.37. The van der Waals surface area contributed by atoms with Gasteiger partial charge in [0, 0.05) is 11.0 Å². The summed E-state index contributed by atoms with van der Waals surface area (Å²) < 4.78 is 6.40. The van der Waals surface area contributed by atoms with Crippen LogP contribution in [-0.2, 0) is 6.54 Å². The van der Waals surface area contributed by atoms with Crippen molar-refractivity contribution >= 4 is 15.9 Å². The molecule has 100 valence electrons. The molecule has 0 heterocycles. The summed E-state index contributed by atoms with van der Waals surface area (Å²) >= 11 is 3.59. The van der Waals surface area contributed by atoms with Gasteiger partial charge in [-0.3, -0.25) is 0 Å². The van der Waals surface area contributed by atoms with Crippen LogP contribution >= 0.6 is 15.9 Å². The van der Waals surface area contributed by atoms with Gasteiger partial charge in [-0.1, -0.05) is 29.3 Å². The molecule has 1 aromatic carbocycles. The van der Waals surface area contributed by atoms with Crippen molar-refractivity contribution in [3.05, 3.63) is 28.2 Å². The lowest BCUT2D eigenvalue weighted by molar-refractivity contribution is 0.413. The topological polar surface area (TPSA) is 21.3 Å². The van der Waals surface area contributed by atoms with E-state index in [1.807, 2.05) is 12.1 Å². The summed E-state index contributed by atoms with van der Waals surface area (Å²) in [5, 5.41) is 3.57. The summed E-state index contributed by atoms with van der Waals surface area (Å²) in [7, 11) is 1.71. The Bertz CT molecular complexity index is 394. The smallest absolute Gasteiger partial charge is 0.119 e. The zero-order valence-electron chi connectivity index (χ0n) is 11.2. The molecule has 2 rings (SSSR count). The third-order valence-electron chi connectivity index (χ3n) is 3.80. The van der Waals surface area contributed by atoms with Gasteiger partial charge in [-0.05, 0) is 55.0 Å². The fourth-order valence-corrected chi connectivity index (χ4v) is 3.12. The van der Waals surface area contributed by atoms with Crippen LogP contribution in [0.25, 0.3) is 0 Å². The van der Waals surface area contributed by atoms with E-state index < -0.39 is 0 Å². The lowest BCUT2D eigenvalue weighted by Gasteiger charge is -2.12. The van der Waals surface area contributed by atoms with Crippen LogP contribution in [0.4, 0.5) is 0 Å². The first-order chi connectivity index (χ1) is 8.69. The van der Waals surface area contributed by atoms with Crippen LogP contribution in [0, 0.1) is 11.8 Å². The molecule has 0 aromatic heterocycles. The van der Waals surface area contributed by atoms with Crippen molar-refractivity contribution in [2.75, 3.05) is 13.7 Å². The summed E-state index contributed by atoms with van der Waals surface area (Å²) in [6.45, 7) is 4.40. The Kier molecular flexibility index (Phi) is 5.07. The molecule has 0 saturated heterocycles. The van der Waals surface area contributed by atoms with Crippen molar-refractivity contribution in [1.82, 2.24) is 5.32 Å². The predicted molar refractivity (Wildman–Crippen MR) is 78.9 cm³/mol. The van der Waals surface area contributed by atoms with Gasteiger partial charge in [-0.2, -0.15) is 0 Å². The Hall–Kier alpha value is -0.540. The molecule has 2 unspecified atom stereocenters. The molecule has 3 heteroatoms. The average Bonchev–Trinajstić information content (AvgIpc) is 2.77. The van der Waals surface area contributed by atoms with Crippen molar-refractivity contribution in [3.63, 3.8) is 0 Å². The van der Waals surface area contributed by atoms with Crippen LogP contribution in [0.5, 0.6) is 5.75 Å². The summed E-state index contributed by atoms with van der Waals surface area (Å²) in [6, 6.07) is 6.12. The lowest BCUT2D eigenvalue weighted by Crippen LogP contribution is -2.21. The van der Waals surface area contributed by atoms with Crippen molar-refractivity contribution in [2.24, 2.45) is 11.8 Å². The minimum Gasteiger partial charge on any atom is -0.497 e. The molecule has 2 nitrogen and oxygen atoms in total. The summed E-state index contributed by atoms with van der Waals surface area (Å²) in [5.41, 5.74) is 1.26. The van der Waals surface area contributed by atoms with Crippen LogP contribution in [0.15, 0.2) is 22.7 Å². The minimum atomic E-state index is 0.865. The highest BCUT2D eigenvalue weighted by Gasteiger charge is 2.20. The fraction of sp³-hybridized carbons (Fsp3) is 0.600. The fourth-order valence-electron chi connectivity index (χ4n) is 2.73. The maximum Gasteiger partial charge on any atom is 0.119 e. The number of nitrogens with one attached hydrogen (secondary N) is 1. The Balaban J connectivity index is 1.82. The number of benzene rings is 1. The highest BCUT2D eigenvalue weighted by atomic mass is 79.9. The number of rotatable bonds is 5. The highest BCUT2D eigenvalue weighted by molar-refractivity contribution is 9.10. The van der Waals surface area contributed by atoms with Crippen LogP contribution in [0.1, 0.15) is 31.7 Å². The molecule has 0 amide bonds. The number of methoxy groups -OCH3 is 1. The molecule has 18 heavy (non-hydrogen) atoms. The Morgan fingerprint density at radius 3 is 2.89 bits per heavy atom. The van der Waals surface area contributed by atoms with E-state index in [0.717, 1.165) is 35.1 Å². The number of hydrogen-bond acceptors (Lipinski definition) is 2. The van der Waals surface area contributed by atoms with E-state index in [4.69, 9.17) is 4.74 Å². The molecular formula is C15H22BrNO. The number of ether oxygens (including phenoxy) is 1. The van der Waals surface area contributed by atoms with E-state index in [-0.39, 0.29) is 0 Å². The van der Waals surface area contributed by atoms with Gasteiger partial charge in [0.25, 0.3) is 0 Å². The van der Waals surface area contributed by atoms with E-state index >= 15 is 0 Å². The first kappa shape index (κ1) is 13.9. The molecule has 1 aliphatic rings. The zero-order valence-corrected chi connectivity index (χ0v) is 12.8. The molecule has 1 N–H and O–H groups in total. The minimum absolute atomic E-state index is 0.865. The largest absolute Gasteiger partial charge is 0.497 e. The molecule has 0 aliphatic heterocycles. The van der Waals surface area contributed by atoms with E-state index in [0.29, 0.717) is 0 Å². The van der Waals surface area contributed by atoms with Gasteiger partial charge in [-0.15, -0.1) is 0 Å². The van der Waals surface area contributed by atoms with Gasteiger partial charge in [0.1, 0.15) is 5.75 Å². The molecule has 0 radical (unpaired) electrons. The molecule has 1 fully saturated rings. The standard InChI is InChI=1S/C15H22BrNO/c1-11-3-4-12(7-11)9-17-10-13-8-14(18-2)5-6-15(13)16/h5-6,8,11-12,17H,3-4,7,9-10H2,1-2H3. The van der Waals surface area contributed by atoms with Crippen molar-refractivity contribution in [2.45, 2.75) is 32.7 Å². The van der Waals surface area contributed by atoms with Crippen molar-refractivity contribution in [3.8, 4) is 5.75 Å². The molecule has 0 spiro atoms. The maximum absolute atomic E-state index is 5.26. The summed E-state index contributed by atoms with van der Waals surface area (Å²) in [5.74, 6) is 2.70. The van der Waals surface area contributed by atoms with E-state index in [2.05, 4.69) is 34.2 Å². The second kappa shape index (κ2) is 6.58. The first-order valence-corrected chi connectivity index (χ1v) is 7.51. The highest BCUT2D eigenvalue weighted by Crippen LogP contribution is 2.29. The van der Waals surface area contributed by atoms with Crippen molar-refractivity contribution in [1.29, 1.82) is 0 Å². The summed E-state index contributed by atoms with van der Waals surface area (Å²) in [4.78, 5) is 0. The van der Waals surface area contributed by atoms with Gasteiger partial charge in [0.15, 0.2) is 0 Å². The van der Waals surface area contributed by atoms with Gasteiger partial charge in [-0.25, -0.2) is 0 Å². The van der Waals surface area contributed by atoms with Gasteiger partial charge < -0.3 is 10.1 Å². The van der Waals surface area contributed by atoms with Gasteiger partial charge in [0.05, 0.1) is 7.11 Å². The first-order valence-electron chi connectivity index (χ1n) is 6.72. The number of halogens is 1. The lowest BCUT2D eigenvalue weighted by atomic mass is 10.1. The second-order valence-corrected chi connectivity index (χ2v) is 6.23. The normalized spacial score (nSPS) is 23.3. The molecule has 0 bridgehead atoms. The number of hydrogen-bond donors (Lipinski definition) is 1. The third-order valence-corrected chi connectivity index (χ3v) is 4.58. The van der Waals surface area contributed by atoms with E-state index in [1.165, 1.54) is 24.8 Å². The predicted octanol–water partition coefficient (Wildman–Crippen LogP) is 3.98. The third kappa shape index (κ3) is 3.72. The monoisotopic (exact) mass is 311 g/mol. The van der Waals surface area contributed by atoms with Gasteiger partial charge >= 0.3 is 0 Å². The molecule has 1 aromatic rings. The van der Waals surface area contributed by atoms with Crippen LogP contribution in [-0.4, -0.2) is 13.7 Å². The zero-order chi connectivity index (χ0) is 13.0. The molecule has 2 atom stereocenters. The van der Waals surface area contributed by atoms with Crippen LogP contribution in [0.3, 0.4) is 0 Å². The Morgan fingerprint density at radius 2 is 2.22 bits per heavy atom. The Labute approximate surface area is 118 Å². The average molecular weight is 312 g/mol. The molecule has 1 saturated carbocycles. The Morgan fingerprint density at radius 1 is 1.39 bits per heavy atom. The van der Waals surface area contributed by atoms with Crippen molar-refractivity contribution < 1.29 is 4.74 Å². The SMILES string of the molecule is COc1ccc(Br)c(CNCC2CCC(C)C2)c1. The van der Waals surface area contributed by atoms with Crippen LogP contribution in [0.2, 0.25) is 0 Å². The quantitative estimate of drug-likeness (QED) is 0.888.